The van der Waals surface area contributed by atoms with Crippen molar-refractivity contribution in [3.8, 4) is 5.75 Å². The Balaban J connectivity index is 2.04. The number of methoxy groups -OCH3 is 1. The second kappa shape index (κ2) is 10.3. The lowest BCUT2D eigenvalue weighted by atomic mass is 10.1. The quantitative estimate of drug-likeness (QED) is 0.580. The molecular weight excluding hydrogens is 314 g/mol. The highest BCUT2D eigenvalue weighted by Crippen LogP contribution is 2.21. The second-order valence-corrected chi connectivity index (χ2v) is 7.04. The van der Waals surface area contributed by atoms with Crippen molar-refractivity contribution in [3.05, 3.63) is 29.8 Å². The zero-order valence-corrected chi connectivity index (χ0v) is 16.1. The van der Waals surface area contributed by atoms with E-state index in [4.69, 9.17) is 14.5 Å². The minimum atomic E-state index is 0.510. The van der Waals surface area contributed by atoms with E-state index in [0.717, 1.165) is 56.5 Å². The maximum atomic E-state index is 5.95. The van der Waals surface area contributed by atoms with Crippen molar-refractivity contribution in [2.75, 3.05) is 40.0 Å². The maximum absolute atomic E-state index is 5.95. The molecule has 0 aromatic heterocycles. The summed E-state index contributed by atoms with van der Waals surface area (Å²) in [6.07, 6.45) is 1.16. The van der Waals surface area contributed by atoms with Crippen molar-refractivity contribution in [2.24, 2.45) is 16.8 Å². The number of nitrogens with one attached hydrogen (secondary N) is 1. The first-order chi connectivity index (χ1) is 12.1. The van der Waals surface area contributed by atoms with Crippen LogP contribution in [0.3, 0.4) is 0 Å². The van der Waals surface area contributed by atoms with Crippen molar-refractivity contribution in [1.29, 1.82) is 0 Å². The summed E-state index contributed by atoms with van der Waals surface area (Å²) in [6, 6.07) is 8.19. The number of hydrogen-bond acceptors (Lipinski definition) is 3. The van der Waals surface area contributed by atoms with Gasteiger partial charge in [-0.1, -0.05) is 32.0 Å². The number of benzene rings is 1. The van der Waals surface area contributed by atoms with Gasteiger partial charge in [0.15, 0.2) is 5.96 Å². The molecule has 1 heterocycles. The third-order valence-electron chi connectivity index (χ3n) is 4.27. The predicted molar refractivity (Wildman–Crippen MR) is 103 cm³/mol. The number of rotatable bonds is 8. The molecule has 1 N–H and O–H groups in total. The lowest BCUT2D eigenvalue weighted by Crippen LogP contribution is -2.40. The number of guanidine groups is 1. The van der Waals surface area contributed by atoms with Gasteiger partial charge >= 0.3 is 0 Å². The predicted octanol–water partition coefficient (Wildman–Crippen LogP) is 3.16. The second-order valence-electron chi connectivity index (χ2n) is 7.04. The topological polar surface area (TPSA) is 46.1 Å². The Morgan fingerprint density at radius 3 is 2.88 bits per heavy atom. The smallest absolute Gasteiger partial charge is 0.194 e. The Bertz CT molecular complexity index is 545. The summed E-state index contributed by atoms with van der Waals surface area (Å²) in [7, 11) is 1.77. The van der Waals surface area contributed by atoms with Gasteiger partial charge in [-0.15, -0.1) is 0 Å². The molecule has 5 nitrogen and oxygen atoms in total. The van der Waals surface area contributed by atoms with Crippen LogP contribution in [0.4, 0.5) is 0 Å². The van der Waals surface area contributed by atoms with Crippen LogP contribution in [0.1, 0.15) is 32.8 Å². The Morgan fingerprint density at radius 1 is 1.36 bits per heavy atom. The molecule has 0 spiro atoms. The van der Waals surface area contributed by atoms with Gasteiger partial charge in [-0.05, 0) is 25.3 Å². The molecule has 5 heteroatoms. The Morgan fingerprint density at radius 2 is 2.16 bits per heavy atom. The molecule has 0 amide bonds. The van der Waals surface area contributed by atoms with E-state index in [1.54, 1.807) is 7.11 Å². The summed E-state index contributed by atoms with van der Waals surface area (Å²) in [5.74, 6) is 3.03. The minimum Gasteiger partial charge on any atom is -0.493 e. The van der Waals surface area contributed by atoms with Crippen LogP contribution in [-0.2, 0) is 11.3 Å². The van der Waals surface area contributed by atoms with Crippen LogP contribution in [0.5, 0.6) is 5.75 Å². The average molecular weight is 348 g/mol. The first-order valence-corrected chi connectivity index (χ1v) is 9.36. The Labute approximate surface area is 152 Å². The van der Waals surface area contributed by atoms with E-state index in [1.807, 2.05) is 18.2 Å². The monoisotopic (exact) mass is 347 g/mol. The first-order valence-electron chi connectivity index (χ1n) is 9.36. The van der Waals surface area contributed by atoms with Crippen LogP contribution >= 0.6 is 0 Å². The highest BCUT2D eigenvalue weighted by atomic mass is 16.5. The molecule has 0 aliphatic carbocycles. The fraction of sp³-hybridized carbons (Fsp3) is 0.650. The van der Waals surface area contributed by atoms with E-state index in [2.05, 4.69) is 37.1 Å². The standard InChI is InChI=1S/C20H33N3O2/c1-5-21-20(23-11-10-17(13-23)15-24-4)22-12-18-8-6-7-9-19(18)25-14-16(2)3/h6-9,16-17H,5,10-15H2,1-4H3,(H,21,22). The van der Waals surface area contributed by atoms with Crippen molar-refractivity contribution in [3.63, 3.8) is 0 Å². The molecular formula is C20H33N3O2. The largest absolute Gasteiger partial charge is 0.493 e. The molecule has 1 unspecified atom stereocenters. The molecule has 0 radical (unpaired) electrons. The third kappa shape index (κ3) is 6.24. The van der Waals surface area contributed by atoms with E-state index >= 15 is 0 Å². The number of para-hydroxylation sites is 1. The summed E-state index contributed by atoms with van der Waals surface area (Å²) in [5, 5.41) is 3.42. The summed E-state index contributed by atoms with van der Waals surface area (Å²) >= 11 is 0. The van der Waals surface area contributed by atoms with Gasteiger partial charge < -0.3 is 19.7 Å². The van der Waals surface area contributed by atoms with Gasteiger partial charge in [-0.3, -0.25) is 0 Å². The molecule has 140 valence electrons. The normalized spacial score (nSPS) is 18.0. The Kier molecular flexibility index (Phi) is 8.06. The fourth-order valence-corrected chi connectivity index (χ4v) is 3.01. The summed E-state index contributed by atoms with van der Waals surface area (Å²) in [4.78, 5) is 7.20. The number of aliphatic imine (C=N–C) groups is 1. The van der Waals surface area contributed by atoms with Crippen LogP contribution in [0.15, 0.2) is 29.3 Å². The number of likely N-dealkylation sites (tertiary alicyclic amines) is 1. The molecule has 2 rings (SSSR count). The molecule has 25 heavy (non-hydrogen) atoms. The maximum Gasteiger partial charge on any atom is 0.194 e. The molecule has 0 saturated carbocycles. The van der Waals surface area contributed by atoms with Gasteiger partial charge in [0, 0.05) is 38.2 Å². The van der Waals surface area contributed by atoms with Crippen molar-refractivity contribution < 1.29 is 9.47 Å². The number of ether oxygens (including phenoxy) is 2. The SMILES string of the molecule is CCNC(=NCc1ccccc1OCC(C)C)N1CCC(COC)C1. The molecule has 1 fully saturated rings. The van der Waals surface area contributed by atoms with Gasteiger partial charge in [0.25, 0.3) is 0 Å². The van der Waals surface area contributed by atoms with Crippen LogP contribution in [0, 0.1) is 11.8 Å². The third-order valence-corrected chi connectivity index (χ3v) is 4.27. The minimum absolute atomic E-state index is 0.510. The van der Waals surface area contributed by atoms with Crippen LogP contribution < -0.4 is 10.1 Å². The van der Waals surface area contributed by atoms with Gasteiger partial charge in [-0.25, -0.2) is 4.99 Å². The summed E-state index contributed by atoms with van der Waals surface area (Å²) < 4.78 is 11.2. The zero-order chi connectivity index (χ0) is 18.1. The molecule has 1 saturated heterocycles. The molecule has 0 bridgehead atoms. The summed E-state index contributed by atoms with van der Waals surface area (Å²) in [6.45, 7) is 11.5. The van der Waals surface area contributed by atoms with E-state index in [9.17, 15) is 0 Å². The van der Waals surface area contributed by atoms with Crippen LogP contribution in [0.2, 0.25) is 0 Å². The highest BCUT2D eigenvalue weighted by molar-refractivity contribution is 5.80. The number of hydrogen-bond donors (Lipinski definition) is 1. The fourth-order valence-electron chi connectivity index (χ4n) is 3.01. The van der Waals surface area contributed by atoms with Crippen molar-refractivity contribution in [1.82, 2.24) is 10.2 Å². The Hall–Kier alpha value is -1.75. The van der Waals surface area contributed by atoms with Crippen LogP contribution in [0.25, 0.3) is 0 Å². The van der Waals surface area contributed by atoms with E-state index in [-0.39, 0.29) is 0 Å². The molecule has 1 aromatic carbocycles. The zero-order valence-electron chi connectivity index (χ0n) is 16.1. The highest BCUT2D eigenvalue weighted by Gasteiger charge is 2.24. The van der Waals surface area contributed by atoms with E-state index in [1.165, 1.54) is 0 Å². The summed E-state index contributed by atoms with van der Waals surface area (Å²) in [5.41, 5.74) is 1.13. The van der Waals surface area contributed by atoms with Gasteiger partial charge in [0.2, 0.25) is 0 Å². The lowest BCUT2D eigenvalue weighted by molar-refractivity contribution is 0.157. The average Bonchev–Trinajstić information content (AvgIpc) is 3.06. The van der Waals surface area contributed by atoms with Crippen LogP contribution in [-0.4, -0.2) is 50.8 Å². The van der Waals surface area contributed by atoms with Gasteiger partial charge in [-0.2, -0.15) is 0 Å². The molecule has 1 aliphatic heterocycles. The van der Waals surface area contributed by atoms with Crippen molar-refractivity contribution in [2.45, 2.75) is 33.7 Å². The molecule has 1 aromatic rings. The van der Waals surface area contributed by atoms with Crippen molar-refractivity contribution >= 4 is 5.96 Å². The number of nitrogens with zero attached hydrogens (tertiary/aromatic N) is 2. The van der Waals surface area contributed by atoms with E-state index in [0.29, 0.717) is 18.4 Å². The molecule has 1 atom stereocenters. The first kappa shape index (κ1) is 19.6. The van der Waals surface area contributed by atoms with Gasteiger partial charge in [0.05, 0.1) is 19.8 Å². The van der Waals surface area contributed by atoms with Gasteiger partial charge in [0.1, 0.15) is 5.75 Å². The molecule has 1 aliphatic rings. The van der Waals surface area contributed by atoms with E-state index < -0.39 is 0 Å². The lowest BCUT2D eigenvalue weighted by Gasteiger charge is -2.22.